The van der Waals surface area contributed by atoms with Crippen molar-refractivity contribution in [3.05, 3.63) is 11.1 Å². The first-order valence-electron chi connectivity index (χ1n) is 9.92. The molecule has 5 nitrogen and oxygen atoms in total. The molecule has 25 heavy (non-hydrogen) atoms. The van der Waals surface area contributed by atoms with Gasteiger partial charge in [-0.05, 0) is 54.6 Å². The van der Waals surface area contributed by atoms with Crippen LogP contribution in [0.15, 0.2) is 11.1 Å². The number of aliphatic hydroxyl groups excluding tert-OH is 2. The Morgan fingerprint density at radius 1 is 1.08 bits per heavy atom. The first kappa shape index (κ1) is 15.6. The third kappa shape index (κ3) is 1.46. The molecule has 9 atom stereocenters. The van der Waals surface area contributed by atoms with E-state index in [1.807, 2.05) is 0 Å². The molecule has 5 heteroatoms. The minimum absolute atomic E-state index is 0.0418. The van der Waals surface area contributed by atoms with E-state index in [0.29, 0.717) is 18.4 Å². The predicted molar refractivity (Wildman–Crippen MR) is 88.6 cm³/mol. The van der Waals surface area contributed by atoms with Crippen molar-refractivity contribution in [2.45, 2.75) is 82.3 Å². The van der Waals surface area contributed by atoms with Gasteiger partial charge in [0.2, 0.25) is 0 Å². The van der Waals surface area contributed by atoms with Gasteiger partial charge in [0.15, 0.2) is 11.9 Å². The highest BCUT2D eigenvalue weighted by Crippen LogP contribution is 2.79. The first-order chi connectivity index (χ1) is 11.9. The molecule has 6 aliphatic rings. The molecule has 2 saturated heterocycles. The normalized spacial score (nSPS) is 61.2. The van der Waals surface area contributed by atoms with Crippen molar-refractivity contribution in [1.29, 1.82) is 0 Å². The number of fused-ring (bicyclic) bond motifs is 2. The number of rotatable bonds is 1. The molecule has 0 radical (unpaired) electrons. The van der Waals surface area contributed by atoms with Crippen LogP contribution in [0, 0.1) is 23.2 Å². The Labute approximate surface area is 148 Å². The molecule has 3 aliphatic carbocycles. The van der Waals surface area contributed by atoms with E-state index in [0.717, 1.165) is 31.3 Å². The zero-order valence-electron chi connectivity index (χ0n) is 15.2. The Morgan fingerprint density at radius 2 is 1.88 bits per heavy atom. The van der Waals surface area contributed by atoms with Gasteiger partial charge in [-0.1, -0.05) is 20.8 Å². The summed E-state index contributed by atoms with van der Waals surface area (Å²) in [7, 11) is 0. The van der Waals surface area contributed by atoms with Gasteiger partial charge in [-0.15, -0.1) is 0 Å². The van der Waals surface area contributed by atoms with Crippen LogP contribution in [0.2, 0.25) is 0 Å². The van der Waals surface area contributed by atoms with Crippen LogP contribution in [0.1, 0.15) is 46.5 Å². The zero-order chi connectivity index (χ0) is 17.4. The number of hydrogen-bond acceptors (Lipinski definition) is 5. The van der Waals surface area contributed by atoms with Crippen molar-refractivity contribution >= 4 is 0 Å². The zero-order valence-corrected chi connectivity index (χ0v) is 15.2. The molecule has 0 aromatic carbocycles. The number of hydrogen-bond donors (Lipinski definition) is 2. The average Bonchev–Trinajstić information content (AvgIpc) is 3.44. The highest BCUT2D eigenvalue weighted by molar-refractivity contribution is 5.44. The molecule has 0 amide bonds. The molecular weight excluding hydrogens is 320 g/mol. The fourth-order valence-electron chi connectivity index (χ4n) is 7.40. The molecular formula is C20H28O5. The van der Waals surface area contributed by atoms with Crippen molar-refractivity contribution in [1.82, 2.24) is 0 Å². The fourth-order valence-corrected chi connectivity index (χ4v) is 7.40. The Balaban J connectivity index is 1.45. The van der Waals surface area contributed by atoms with Crippen molar-refractivity contribution in [3.63, 3.8) is 0 Å². The average molecular weight is 348 g/mol. The molecule has 0 aromatic rings. The van der Waals surface area contributed by atoms with E-state index in [2.05, 4.69) is 20.8 Å². The molecule has 2 spiro atoms. The van der Waals surface area contributed by atoms with Gasteiger partial charge in [0.05, 0.1) is 24.9 Å². The van der Waals surface area contributed by atoms with Gasteiger partial charge in [0, 0.05) is 5.41 Å². The van der Waals surface area contributed by atoms with Crippen molar-refractivity contribution in [2.75, 3.05) is 6.61 Å². The molecule has 3 unspecified atom stereocenters. The number of epoxide rings is 2. The van der Waals surface area contributed by atoms with Gasteiger partial charge >= 0.3 is 0 Å². The number of ether oxygens (including phenoxy) is 3. The number of aliphatic hydroxyl groups is 2. The Bertz CT molecular complexity index is 688. The second kappa shape index (κ2) is 4.33. The summed E-state index contributed by atoms with van der Waals surface area (Å²) in [6.07, 6.45) is 2.83. The lowest BCUT2D eigenvalue weighted by atomic mass is 9.46. The highest BCUT2D eigenvalue weighted by atomic mass is 16.7. The maximum Gasteiger partial charge on any atom is 0.177 e. The molecule has 138 valence electrons. The van der Waals surface area contributed by atoms with E-state index in [-0.39, 0.29) is 29.1 Å². The monoisotopic (exact) mass is 348 g/mol. The molecule has 2 saturated carbocycles. The van der Waals surface area contributed by atoms with E-state index in [1.165, 1.54) is 5.57 Å². The van der Waals surface area contributed by atoms with Gasteiger partial charge in [-0.2, -0.15) is 0 Å². The van der Waals surface area contributed by atoms with E-state index in [1.54, 1.807) is 0 Å². The minimum atomic E-state index is -0.720. The maximum atomic E-state index is 11.3. The van der Waals surface area contributed by atoms with Gasteiger partial charge in [0.1, 0.15) is 5.60 Å². The molecule has 6 rings (SSSR count). The van der Waals surface area contributed by atoms with Crippen LogP contribution >= 0.6 is 0 Å². The quantitative estimate of drug-likeness (QED) is 0.558. The lowest BCUT2D eigenvalue weighted by Crippen LogP contribution is -2.66. The lowest BCUT2D eigenvalue weighted by molar-refractivity contribution is -0.0975. The van der Waals surface area contributed by atoms with Crippen molar-refractivity contribution in [3.8, 4) is 0 Å². The summed E-state index contributed by atoms with van der Waals surface area (Å²) in [6.45, 7) is 7.27. The summed E-state index contributed by atoms with van der Waals surface area (Å²) in [5, 5.41) is 21.4. The van der Waals surface area contributed by atoms with Crippen LogP contribution in [0.3, 0.4) is 0 Å². The lowest BCUT2D eigenvalue weighted by Gasteiger charge is -2.54. The molecule has 4 fully saturated rings. The summed E-state index contributed by atoms with van der Waals surface area (Å²) in [6, 6.07) is 0. The van der Waals surface area contributed by atoms with Crippen LogP contribution in [0.5, 0.6) is 0 Å². The molecule has 3 heterocycles. The van der Waals surface area contributed by atoms with E-state index in [9.17, 15) is 10.2 Å². The van der Waals surface area contributed by atoms with Crippen LogP contribution in [0.4, 0.5) is 0 Å². The van der Waals surface area contributed by atoms with Crippen LogP contribution in [-0.4, -0.2) is 52.6 Å². The van der Waals surface area contributed by atoms with E-state index >= 15 is 0 Å². The van der Waals surface area contributed by atoms with Crippen molar-refractivity contribution < 1.29 is 24.4 Å². The fraction of sp³-hybridized carbons (Fsp3) is 0.900. The first-order valence-corrected chi connectivity index (χ1v) is 9.92. The SMILES string of the molecule is CC(C)C1C[C@@H]2O[C@]23[C@]2(O[C@H]2CC2C4=C(CC[C@@]23C)C(O)OC4)[C@@H]1O. The second-order valence-corrected chi connectivity index (χ2v) is 9.75. The topological polar surface area (TPSA) is 74.8 Å². The highest BCUT2D eigenvalue weighted by Gasteiger charge is 2.92. The summed E-state index contributed by atoms with van der Waals surface area (Å²) < 4.78 is 18.4. The maximum absolute atomic E-state index is 11.3. The minimum Gasteiger partial charge on any atom is -0.390 e. The molecule has 0 bridgehead atoms. The largest absolute Gasteiger partial charge is 0.390 e. The smallest absolute Gasteiger partial charge is 0.177 e. The Hall–Kier alpha value is -0.460. The van der Waals surface area contributed by atoms with Gasteiger partial charge in [0.25, 0.3) is 0 Å². The van der Waals surface area contributed by atoms with Crippen LogP contribution < -0.4 is 0 Å². The summed E-state index contributed by atoms with van der Waals surface area (Å²) >= 11 is 0. The third-order valence-corrected chi connectivity index (χ3v) is 8.76. The summed E-state index contributed by atoms with van der Waals surface area (Å²) in [5.41, 5.74) is 1.51. The van der Waals surface area contributed by atoms with Gasteiger partial charge in [-0.3, -0.25) is 0 Å². The van der Waals surface area contributed by atoms with Gasteiger partial charge in [-0.25, -0.2) is 0 Å². The Morgan fingerprint density at radius 3 is 2.64 bits per heavy atom. The van der Waals surface area contributed by atoms with Crippen molar-refractivity contribution in [2.24, 2.45) is 23.2 Å². The standard InChI is InChI=1S/C20H28O5/c1-9(2)11-6-15-20(25-15)18(3)5-4-10-12(8-23-17(10)22)13(18)7-14-19(20,24-14)16(11)21/h9,11,13-17,21-22H,4-8H2,1-3H3/t11?,13?,14-,15-,16+,17?,18-,19+,20+/m0/s1. The van der Waals surface area contributed by atoms with Crippen LogP contribution in [-0.2, 0) is 14.2 Å². The van der Waals surface area contributed by atoms with E-state index in [4.69, 9.17) is 14.2 Å². The third-order valence-electron chi connectivity index (χ3n) is 8.76. The molecule has 2 N–H and O–H groups in total. The predicted octanol–water partition coefficient (Wildman–Crippen LogP) is 1.76. The Kier molecular flexibility index (Phi) is 2.70. The summed E-state index contributed by atoms with van der Waals surface area (Å²) in [5.74, 6) is 1.02. The van der Waals surface area contributed by atoms with E-state index < -0.39 is 18.0 Å². The molecule has 0 aromatic heterocycles. The summed E-state index contributed by atoms with van der Waals surface area (Å²) in [4.78, 5) is 0. The molecule has 3 aliphatic heterocycles. The second-order valence-electron chi connectivity index (χ2n) is 9.75. The van der Waals surface area contributed by atoms with Gasteiger partial charge < -0.3 is 24.4 Å². The van der Waals surface area contributed by atoms with Crippen LogP contribution in [0.25, 0.3) is 0 Å².